The molecule has 2 atom stereocenters. The van der Waals surface area contributed by atoms with Crippen LogP contribution < -0.4 is 0 Å². The number of amides is 1. The Morgan fingerprint density at radius 3 is 2.71 bits per heavy atom. The van der Waals surface area contributed by atoms with Crippen molar-refractivity contribution < 1.29 is 14.3 Å². The third-order valence-electron chi connectivity index (χ3n) is 3.32. The summed E-state index contributed by atoms with van der Waals surface area (Å²) in [6.45, 7) is 7.21. The number of carbonyl (C=O) groups excluding carboxylic acids is 1. The van der Waals surface area contributed by atoms with E-state index in [0.717, 1.165) is 26.0 Å². The molecule has 0 N–H and O–H groups in total. The Balaban J connectivity index is 2.01. The maximum absolute atomic E-state index is 12.1. The van der Waals surface area contributed by atoms with Gasteiger partial charge >= 0.3 is 6.09 Å². The van der Waals surface area contributed by atoms with Crippen molar-refractivity contribution in [2.45, 2.75) is 58.3 Å². The van der Waals surface area contributed by atoms with Gasteiger partial charge in [0.2, 0.25) is 0 Å². The van der Waals surface area contributed by atoms with Crippen LogP contribution >= 0.6 is 0 Å². The van der Waals surface area contributed by atoms with Gasteiger partial charge in [-0.3, -0.25) is 4.90 Å². The van der Waals surface area contributed by atoms with Crippen LogP contribution in [-0.4, -0.2) is 36.0 Å². The Labute approximate surface area is 103 Å². The fourth-order valence-corrected chi connectivity index (χ4v) is 2.63. The van der Waals surface area contributed by atoms with Crippen LogP contribution in [0, 0.1) is 5.92 Å². The Bertz CT molecular complexity index is 283. The molecule has 0 aromatic rings. The number of fused-ring (bicyclic) bond motifs is 1. The van der Waals surface area contributed by atoms with Gasteiger partial charge in [0.25, 0.3) is 0 Å². The first-order valence-electron chi connectivity index (χ1n) is 6.58. The molecule has 1 amide bonds. The molecule has 0 bridgehead atoms. The van der Waals surface area contributed by atoms with Crippen molar-refractivity contribution in [1.82, 2.24) is 4.90 Å². The molecule has 0 aromatic heterocycles. The fraction of sp³-hybridized carbons (Fsp3) is 0.923. The lowest BCUT2D eigenvalue weighted by Gasteiger charge is -2.43. The normalized spacial score (nSPS) is 29.7. The van der Waals surface area contributed by atoms with E-state index in [9.17, 15) is 4.79 Å². The topological polar surface area (TPSA) is 38.8 Å². The van der Waals surface area contributed by atoms with E-state index in [-0.39, 0.29) is 12.3 Å². The second-order valence-corrected chi connectivity index (χ2v) is 5.98. The molecule has 0 saturated carbocycles. The second kappa shape index (κ2) is 4.84. The van der Waals surface area contributed by atoms with Gasteiger partial charge in [0.1, 0.15) is 11.8 Å². The lowest BCUT2D eigenvalue weighted by atomic mass is 9.90. The van der Waals surface area contributed by atoms with Crippen molar-refractivity contribution in [3.05, 3.63) is 0 Å². The molecule has 2 heterocycles. The Morgan fingerprint density at radius 1 is 1.29 bits per heavy atom. The monoisotopic (exact) mass is 241 g/mol. The number of hydrogen-bond acceptors (Lipinski definition) is 3. The quantitative estimate of drug-likeness (QED) is 0.654. The van der Waals surface area contributed by atoms with Gasteiger partial charge in [0.15, 0.2) is 0 Å². The summed E-state index contributed by atoms with van der Waals surface area (Å²) < 4.78 is 11.2. The number of rotatable bonds is 0. The molecule has 0 aromatic carbocycles. The smallest absolute Gasteiger partial charge is 0.412 e. The van der Waals surface area contributed by atoms with Crippen molar-refractivity contribution in [3.63, 3.8) is 0 Å². The van der Waals surface area contributed by atoms with Gasteiger partial charge in [-0.25, -0.2) is 4.79 Å². The summed E-state index contributed by atoms with van der Waals surface area (Å²) in [5.41, 5.74) is -0.432. The van der Waals surface area contributed by atoms with E-state index in [1.165, 1.54) is 12.8 Å². The highest BCUT2D eigenvalue weighted by atomic mass is 16.6. The summed E-state index contributed by atoms with van der Waals surface area (Å²) in [6, 6.07) is 0. The molecule has 0 spiro atoms. The number of likely N-dealkylation sites (tertiary alicyclic amines) is 1. The molecule has 2 saturated heterocycles. The molecule has 4 heteroatoms. The summed E-state index contributed by atoms with van der Waals surface area (Å²) in [5, 5.41) is 0. The van der Waals surface area contributed by atoms with Gasteiger partial charge in [-0.05, 0) is 46.5 Å². The number of hydrogen-bond donors (Lipinski definition) is 0. The molecular formula is C13H23NO3. The van der Waals surface area contributed by atoms with Crippen molar-refractivity contribution in [1.29, 1.82) is 0 Å². The van der Waals surface area contributed by atoms with E-state index in [1.54, 1.807) is 4.90 Å². The predicted molar refractivity (Wildman–Crippen MR) is 64.6 cm³/mol. The van der Waals surface area contributed by atoms with Crippen molar-refractivity contribution in [2.24, 2.45) is 5.92 Å². The summed E-state index contributed by atoms with van der Waals surface area (Å²) in [5.74, 6) is 0.505. The third-order valence-corrected chi connectivity index (χ3v) is 3.32. The zero-order valence-corrected chi connectivity index (χ0v) is 11.1. The van der Waals surface area contributed by atoms with E-state index in [1.807, 2.05) is 20.8 Å². The molecule has 2 rings (SSSR count). The molecule has 0 aliphatic carbocycles. The first-order valence-corrected chi connectivity index (χ1v) is 6.58. The van der Waals surface area contributed by atoms with Crippen LogP contribution in [0.4, 0.5) is 4.79 Å². The maximum atomic E-state index is 12.1. The molecular weight excluding hydrogens is 218 g/mol. The number of carbonyl (C=O) groups is 1. The average molecular weight is 241 g/mol. The molecule has 4 nitrogen and oxygen atoms in total. The number of nitrogens with zero attached hydrogens (tertiary/aromatic N) is 1. The molecule has 17 heavy (non-hydrogen) atoms. The van der Waals surface area contributed by atoms with Gasteiger partial charge in [0.05, 0.1) is 0 Å². The third kappa shape index (κ3) is 3.12. The Morgan fingerprint density at radius 2 is 2.00 bits per heavy atom. The van der Waals surface area contributed by atoms with E-state index < -0.39 is 5.60 Å². The second-order valence-electron chi connectivity index (χ2n) is 5.98. The van der Waals surface area contributed by atoms with Crippen molar-refractivity contribution in [3.8, 4) is 0 Å². The van der Waals surface area contributed by atoms with Crippen LogP contribution in [0.5, 0.6) is 0 Å². The van der Waals surface area contributed by atoms with Crippen LogP contribution in [0.1, 0.15) is 46.5 Å². The largest absolute Gasteiger partial charge is 0.444 e. The zero-order chi connectivity index (χ0) is 12.5. The van der Waals surface area contributed by atoms with E-state index in [0.29, 0.717) is 5.92 Å². The van der Waals surface area contributed by atoms with Crippen LogP contribution in [0.2, 0.25) is 0 Å². The minimum Gasteiger partial charge on any atom is -0.444 e. The van der Waals surface area contributed by atoms with Crippen molar-refractivity contribution >= 4 is 6.09 Å². The molecule has 2 fully saturated rings. The van der Waals surface area contributed by atoms with E-state index in [2.05, 4.69) is 0 Å². The van der Waals surface area contributed by atoms with Gasteiger partial charge in [-0.1, -0.05) is 0 Å². The summed E-state index contributed by atoms with van der Waals surface area (Å²) in [7, 11) is 0. The zero-order valence-electron chi connectivity index (χ0n) is 11.1. The van der Waals surface area contributed by atoms with E-state index in [4.69, 9.17) is 9.47 Å². The van der Waals surface area contributed by atoms with E-state index >= 15 is 0 Å². The number of ether oxygens (including phenoxy) is 2. The van der Waals surface area contributed by atoms with Gasteiger partial charge in [0, 0.05) is 19.1 Å². The standard InChI is InChI=1S/C13H23NO3/c1-13(2,3)17-12(15)14-8-4-6-10-7-5-9-16-11(10)14/h10-11H,4-9H2,1-3H3/t10-,11+/m0/s1. The highest BCUT2D eigenvalue weighted by Crippen LogP contribution is 2.32. The van der Waals surface area contributed by atoms with Crippen molar-refractivity contribution in [2.75, 3.05) is 13.2 Å². The summed E-state index contributed by atoms with van der Waals surface area (Å²) in [4.78, 5) is 13.9. The average Bonchev–Trinajstić information content (AvgIpc) is 2.26. The Kier molecular flexibility index (Phi) is 3.61. The summed E-state index contributed by atoms with van der Waals surface area (Å²) in [6.07, 6.45) is 4.24. The molecule has 0 radical (unpaired) electrons. The highest BCUT2D eigenvalue weighted by molar-refractivity contribution is 5.68. The fourth-order valence-electron chi connectivity index (χ4n) is 2.63. The minimum atomic E-state index is -0.432. The summed E-state index contributed by atoms with van der Waals surface area (Å²) >= 11 is 0. The highest BCUT2D eigenvalue weighted by Gasteiger charge is 2.38. The molecule has 0 unspecified atom stereocenters. The Hall–Kier alpha value is -0.770. The van der Waals surface area contributed by atoms with Gasteiger partial charge in [-0.2, -0.15) is 0 Å². The van der Waals surface area contributed by atoms with Crippen LogP contribution in [-0.2, 0) is 9.47 Å². The van der Waals surface area contributed by atoms with Gasteiger partial charge < -0.3 is 9.47 Å². The number of piperidine rings is 1. The first kappa shape index (κ1) is 12.7. The minimum absolute atomic E-state index is 0.0488. The first-order chi connectivity index (χ1) is 7.97. The van der Waals surface area contributed by atoms with Crippen LogP contribution in [0.25, 0.3) is 0 Å². The lowest BCUT2D eigenvalue weighted by molar-refractivity contribution is -0.134. The van der Waals surface area contributed by atoms with Crippen LogP contribution in [0.3, 0.4) is 0 Å². The molecule has 98 valence electrons. The van der Waals surface area contributed by atoms with Crippen LogP contribution in [0.15, 0.2) is 0 Å². The molecule has 2 aliphatic rings. The molecule has 2 aliphatic heterocycles. The predicted octanol–water partition coefficient (Wildman–Crippen LogP) is 2.77. The maximum Gasteiger partial charge on any atom is 0.412 e. The van der Waals surface area contributed by atoms with Gasteiger partial charge in [-0.15, -0.1) is 0 Å². The lowest BCUT2D eigenvalue weighted by Crippen LogP contribution is -2.52. The SMILES string of the molecule is CC(C)(C)OC(=O)N1CCC[C@H]2CCCO[C@H]21.